The second-order valence-corrected chi connectivity index (χ2v) is 6.35. The van der Waals surface area contributed by atoms with E-state index in [1.807, 2.05) is 43.5 Å². The minimum atomic E-state index is -0.543. The fraction of sp³-hybridized carbons (Fsp3) is 0.412. The lowest BCUT2D eigenvalue weighted by Gasteiger charge is -2.23. The number of thioether (sulfide) groups is 1. The van der Waals surface area contributed by atoms with Gasteiger partial charge in [-0.3, -0.25) is 0 Å². The van der Waals surface area contributed by atoms with Crippen LogP contribution in [0.5, 0.6) is 0 Å². The van der Waals surface area contributed by atoms with Crippen molar-refractivity contribution < 1.29 is 10.2 Å². The van der Waals surface area contributed by atoms with Crippen LogP contribution in [-0.4, -0.2) is 40.9 Å². The van der Waals surface area contributed by atoms with E-state index in [0.29, 0.717) is 6.54 Å². The van der Waals surface area contributed by atoms with Crippen LogP contribution < -0.4 is 5.32 Å². The summed E-state index contributed by atoms with van der Waals surface area (Å²) in [4.78, 5) is 0. The number of hydrogen-bond acceptors (Lipinski definition) is 4. The summed E-state index contributed by atoms with van der Waals surface area (Å²) in [6.07, 6.45) is 1.44. The molecule has 3 nitrogen and oxygen atoms in total. The Bertz CT molecular complexity index is 571. The molecule has 0 saturated carbocycles. The molecule has 3 atom stereocenters. The summed E-state index contributed by atoms with van der Waals surface area (Å²) in [5, 5.41) is 25.4. The average Bonchev–Trinajstić information content (AvgIpc) is 2.53. The Hall–Kier alpha value is -1.07. The van der Waals surface area contributed by atoms with Gasteiger partial charge in [0.05, 0.1) is 12.7 Å². The molecule has 0 fully saturated rings. The third-order valence-corrected chi connectivity index (χ3v) is 4.99. The van der Waals surface area contributed by atoms with Crippen LogP contribution in [0.2, 0.25) is 0 Å². The quantitative estimate of drug-likeness (QED) is 0.736. The molecule has 2 aromatic carbocycles. The maximum Gasteiger partial charge on any atom is 0.0914 e. The third-order valence-electron chi connectivity index (χ3n) is 3.83. The molecule has 0 heterocycles. The Labute approximate surface area is 130 Å². The summed E-state index contributed by atoms with van der Waals surface area (Å²) in [5.41, 5.74) is 0.915. The van der Waals surface area contributed by atoms with Gasteiger partial charge in [-0.25, -0.2) is 0 Å². The molecular weight excluding hydrogens is 282 g/mol. The van der Waals surface area contributed by atoms with Crippen LogP contribution in [0.25, 0.3) is 10.8 Å². The highest BCUT2D eigenvalue weighted by atomic mass is 32.2. The molecule has 0 aliphatic heterocycles. The Morgan fingerprint density at radius 2 is 1.86 bits per heavy atom. The van der Waals surface area contributed by atoms with Gasteiger partial charge in [0.25, 0.3) is 0 Å². The normalized spacial score (nSPS) is 15.8. The van der Waals surface area contributed by atoms with Crippen LogP contribution >= 0.6 is 11.8 Å². The average molecular weight is 305 g/mol. The van der Waals surface area contributed by atoms with Crippen molar-refractivity contribution in [3.63, 3.8) is 0 Å². The predicted octanol–water partition coefficient (Wildman–Crippen LogP) is 2.58. The summed E-state index contributed by atoms with van der Waals surface area (Å²) in [6.45, 7) is 2.66. The Kier molecular flexibility index (Phi) is 6.06. The van der Waals surface area contributed by atoms with Gasteiger partial charge in [0.1, 0.15) is 0 Å². The molecule has 0 aliphatic rings. The van der Waals surface area contributed by atoms with Gasteiger partial charge in [0, 0.05) is 17.8 Å². The highest BCUT2D eigenvalue weighted by Gasteiger charge is 2.16. The zero-order chi connectivity index (χ0) is 15.2. The van der Waals surface area contributed by atoms with Crippen molar-refractivity contribution in [1.82, 2.24) is 5.32 Å². The lowest BCUT2D eigenvalue weighted by atomic mass is 10.0. The van der Waals surface area contributed by atoms with Crippen molar-refractivity contribution in [2.75, 3.05) is 19.4 Å². The smallest absolute Gasteiger partial charge is 0.0914 e. The van der Waals surface area contributed by atoms with Crippen LogP contribution in [-0.2, 0) is 0 Å². The first-order valence-corrected chi connectivity index (χ1v) is 8.48. The summed E-state index contributed by atoms with van der Waals surface area (Å²) >= 11 is 1.63. The maximum atomic E-state index is 10.3. The maximum absolute atomic E-state index is 10.3. The molecule has 0 spiro atoms. The van der Waals surface area contributed by atoms with Gasteiger partial charge in [-0.2, -0.15) is 11.8 Å². The van der Waals surface area contributed by atoms with Crippen LogP contribution in [0.15, 0.2) is 42.5 Å². The zero-order valence-corrected chi connectivity index (χ0v) is 13.3. The van der Waals surface area contributed by atoms with Crippen LogP contribution in [0.3, 0.4) is 0 Å². The van der Waals surface area contributed by atoms with E-state index in [9.17, 15) is 10.2 Å². The molecule has 3 unspecified atom stereocenters. The van der Waals surface area contributed by atoms with E-state index >= 15 is 0 Å². The fourth-order valence-electron chi connectivity index (χ4n) is 2.40. The molecular formula is C17H23NO2S. The highest BCUT2D eigenvalue weighted by Crippen LogP contribution is 2.20. The monoisotopic (exact) mass is 305 g/mol. The Morgan fingerprint density at radius 3 is 2.52 bits per heavy atom. The molecule has 0 saturated heterocycles. The van der Waals surface area contributed by atoms with Crippen molar-refractivity contribution in [2.45, 2.75) is 24.3 Å². The van der Waals surface area contributed by atoms with Crippen molar-refractivity contribution in [2.24, 2.45) is 0 Å². The molecule has 2 rings (SSSR count). The Morgan fingerprint density at radius 1 is 1.14 bits per heavy atom. The van der Waals surface area contributed by atoms with Gasteiger partial charge in [0.2, 0.25) is 0 Å². The first kappa shape index (κ1) is 16.3. The lowest BCUT2D eigenvalue weighted by molar-refractivity contribution is 0.168. The van der Waals surface area contributed by atoms with Crippen molar-refractivity contribution in [3.8, 4) is 0 Å². The SMILES string of the molecule is CSC(CO)C(C)NCC(O)c1ccc2ccccc2c1. The predicted molar refractivity (Wildman–Crippen MR) is 90.8 cm³/mol. The van der Waals surface area contributed by atoms with Crippen molar-refractivity contribution in [1.29, 1.82) is 0 Å². The van der Waals surface area contributed by atoms with E-state index in [1.165, 1.54) is 5.39 Å². The van der Waals surface area contributed by atoms with Gasteiger partial charge in [-0.15, -0.1) is 0 Å². The van der Waals surface area contributed by atoms with Gasteiger partial charge in [-0.1, -0.05) is 36.4 Å². The zero-order valence-electron chi connectivity index (χ0n) is 12.5. The summed E-state index contributed by atoms with van der Waals surface area (Å²) in [6, 6.07) is 14.3. The van der Waals surface area contributed by atoms with E-state index in [2.05, 4.69) is 17.4 Å². The number of aliphatic hydroxyl groups excluding tert-OH is 2. The van der Waals surface area contributed by atoms with Crippen LogP contribution in [0, 0.1) is 0 Å². The van der Waals surface area contributed by atoms with E-state index in [0.717, 1.165) is 10.9 Å². The molecule has 0 radical (unpaired) electrons. The number of hydrogen-bond donors (Lipinski definition) is 3. The van der Waals surface area contributed by atoms with E-state index in [-0.39, 0.29) is 17.9 Å². The molecule has 0 amide bonds. The number of aliphatic hydroxyl groups is 2. The van der Waals surface area contributed by atoms with E-state index in [1.54, 1.807) is 11.8 Å². The van der Waals surface area contributed by atoms with Crippen LogP contribution in [0.4, 0.5) is 0 Å². The van der Waals surface area contributed by atoms with Crippen molar-refractivity contribution >= 4 is 22.5 Å². The molecule has 4 heteroatoms. The second kappa shape index (κ2) is 7.80. The molecule has 3 N–H and O–H groups in total. The number of rotatable bonds is 7. The van der Waals surface area contributed by atoms with Gasteiger partial charge < -0.3 is 15.5 Å². The number of fused-ring (bicyclic) bond motifs is 1. The molecule has 114 valence electrons. The first-order valence-electron chi connectivity index (χ1n) is 7.19. The molecule has 0 aliphatic carbocycles. The van der Waals surface area contributed by atoms with Crippen molar-refractivity contribution in [3.05, 3.63) is 48.0 Å². The molecule has 0 bridgehead atoms. The second-order valence-electron chi connectivity index (χ2n) is 5.28. The Balaban J connectivity index is 2.00. The van der Waals surface area contributed by atoms with E-state index < -0.39 is 6.10 Å². The standard InChI is InChI=1S/C17H23NO2S/c1-12(17(11-19)21-2)18-10-16(20)15-8-7-13-5-3-4-6-14(13)9-15/h3-9,12,16-20H,10-11H2,1-2H3. The largest absolute Gasteiger partial charge is 0.395 e. The van der Waals surface area contributed by atoms with Gasteiger partial charge >= 0.3 is 0 Å². The minimum Gasteiger partial charge on any atom is -0.395 e. The number of benzene rings is 2. The number of nitrogens with one attached hydrogen (secondary N) is 1. The minimum absolute atomic E-state index is 0.140. The molecule has 0 aromatic heterocycles. The fourth-order valence-corrected chi connectivity index (χ4v) is 3.05. The molecule has 2 aromatic rings. The lowest BCUT2D eigenvalue weighted by Crippen LogP contribution is -2.39. The van der Waals surface area contributed by atoms with Gasteiger partial charge in [0.15, 0.2) is 0 Å². The van der Waals surface area contributed by atoms with Gasteiger partial charge in [-0.05, 0) is 35.6 Å². The molecule has 21 heavy (non-hydrogen) atoms. The summed E-state index contributed by atoms with van der Waals surface area (Å²) < 4.78 is 0. The first-order chi connectivity index (χ1) is 10.2. The van der Waals surface area contributed by atoms with Crippen LogP contribution in [0.1, 0.15) is 18.6 Å². The highest BCUT2D eigenvalue weighted by molar-refractivity contribution is 7.99. The topological polar surface area (TPSA) is 52.5 Å². The van der Waals surface area contributed by atoms with E-state index in [4.69, 9.17) is 0 Å². The summed E-state index contributed by atoms with van der Waals surface area (Å²) in [5.74, 6) is 0. The third kappa shape index (κ3) is 4.20. The summed E-state index contributed by atoms with van der Waals surface area (Å²) in [7, 11) is 0.